The molecule has 0 aliphatic heterocycles. The molecular formula is C21H22N6O. The number of nitrogens with one attached hydrogen (secondary N) is 2. The average molecular weight is 374 g/mol. The summed E-state index contributed by atoms with van der Waals surface area (Å²) in [6.07, 6.45) is 0. The molecule has 0 radical (unpaired) electrons. The van der Waals surface area contributed by atoms with Crippen molar-refractivity contribution in [2.75, 3.05) is 23.8 Å². The lowest BCUT2D eigenvalue weighted by molar-refractivity contribution is 0.333. The molecule has 28 heavy (non-hydrogen) atoms. The first-order valence-electron chi connectivity index (χ1n) is 9.15. The van der Waals surface area contributed by atoms with E-state index in [-0.39, 0.29) is 0 Å². The molecule has 0 amide bonds. The standard InChI is InChI=1S/C21H22N6O/c1-15-14-19(22-12-13-28-16-8-4-3-5-9-16)25-20(23-15)26-21-24-17-10-6-7-11-18(17)27(21)2/h3-11,14H,12-13H2,1-2H3,(H2,22,23,24,25,26). The number of aryl methyl sites for hydroxylation is 2. The molecule has 2 aromatic carbocycles. The van der Waals surface area contributed by atoms with Crippen molar-refractivity contribution in [1.82, 2.24) is 19.5 Å². The SMILES string of the molecule is Cc1cc(NCCOc2ccccc2)nc(Nc2nc3ccccc3n2C)n1. The maximum atomic E-state index is 5.70. The molecular weight excluding hydrogens is 352 g/mol. The Kier molecular flexibility index (Phi) is 5.05. The van der Waals surface area contributed by atoms with Crippen LogP contribution in [0.15, 0.2) is 60.7 Å². The van der Waals surface area contributed by atoms with Crippen LogP contribution in [0.5, 0.6) is 5.75 Å². The molecule has 0 aliphatic carbocycles. The maximum absolute atomic E-state index is 5.70. The first-order chi connectivity index (χ1) is 13.7. The zero-order valence-electron chi connectivity index (χ0n) is 15.9. The number of para-hydroxylation sites is 3. The fraction of sp³-hybridized carbons (Fsp3) is 0.190. The quantitative estimate of drug-likeness (QED) is 0.478. The van der Waals surface area contributed by atoms with Crippen LogP contribution in [0.3, 0.4) is 0 Å². The van der Waals surface area contributed by atoms with E-state index in [0.717, 1.165) is 28.3 Å². The van der Waals surface area contributed by atoms with Gasteiger partial charge in [-0.15, -0.1) is 0 Å². The molecule has 7 nitrogen and oxygen atoms in total. The van der Waals surface area contributed by atoms with Crippen molar-refractivity contribution in [2.24, 2.45) is 7.05 Å². The summed E-state index contributed by atoms with van der Waals surface area (Å²) in [4.78, 5) is 13.6. The van der Waals surface area contributed by atoms with E-state index < -0.39 is 0 Å². The van der Waals surface area contributed by atoms with E-state index in [1.54, 1.807) is 0 Å². The van der Waals surface area contributed by atoms with Crippen molar-refractivity contribution in [3.05, 3.63) is 66.4 Å². The zero-order valence-corrected chi connectivity index (χ0v) is 15.9. The summed E-state index contributed by atoms with van der Waals surface area (Å²) in [5.74, 6) is 2.80. The number of fused-ring (bicyclic) bond motifs is 1. The molecule has 0 unspecified atom stereocenters. The number of imidazole rings is 1. The number of hydrogen-bond donors (Lipinski definition) is 2. The largest absolute Gasteiger partial charge is 0.492 e. The number of hydrogen-bond acceptors (Lipinski definition) is 6. The van der Waals surface area contributed by atoms with E-state index in [1.165, 1.54) is 0 Å². The van der Waals surface area contributed by atoms with Crippen LogP contribution in [-0.4, -0.2) is 32.7 Å². The van der Waals surface area contributed by atoms with Gasteiger partial charge in [0.05, 0.1) is 17.6 Å². The van der Waals surface area contributed by atoms with Crippen LogP contribution in [0.25, 0.3) is 11.0 Å². The highest BCUT2D eigenvalue weighted by molar-refractivity contribution is 5.79. The Morgan fingerprint density at radius 3 is 2.57 bits per heavy atom. The second-order valence-electron chi connectivity index (χ2n) is 6.41. The zero-order chi connectivity index (χ0) is 19.3. The van der Waals surface area contributed by atoms with Crippen LogP contribution in [0.4, 0.5) is 17.7 Å². The van der Waals surface area contributed by atoms with Crippen molar-refractivity contribution in [2.45, 2.75) is 6.92 Å². The van der Waals surface area contributed by atoms with E-state index >= 15 is 0 Å². The van der Waals surface area contributed by atoms with Gasteiger partial charge < -0.3 is 14.6 Å². The molecule has 2 heterocycles. The molecule has 0 saturated carbocycles. The minimum Gasteiger partial charge on any atom is -0.492 e. The Morgan fingerprint density at radius 1 is 0.964 bits per heavy atom. The van der Waals surface area contributed by atoms with Crippen molar-refractivity contribution in [3.8, 4) is 5.75 Å². The Balaban J connectivity index is 1.42. The van der Waals surface area contributed by atoms with Gasteiger partial charge in [0.15, 0.2) is 0 Å². The van der Waals surface area contributed by atoms with Crippen LogP contribution in [0.2, 0.25) is 0 Å². The van der Waals surface area contributed by atoms with E-state index in [9.17, 15) is 0 Å². The molecule has 2 N–H and O–H groups in total. The molecule has 7 heteroatoms. The summed E-state index contributed by atoms with van der Waals surface area (Å²) in [6.45, 7) is 3.12. The number of anilines is 3. The Labute approximate surface area is 163 Å². The lowest BCUT2D eigenvalue weighted by atomic mass is 10.3. The van der Waals surface area contributed by atoms with Gasteiger partial charge in [0.2, 0.25) is 11.9 Å². The summed E-state index contributed by atoms with van der Waals surface area (Å²) in [7, 11) is 1.97. The molecule has 0 fully saturated rings. The molecule has 0 spiro atoms. The highest BCUT2D eigenvalue weighted by Gasteiger charge is 2.09. The minimum atomic E-state index is 0.505. The second kappa shape index (κ2) is 7.96. The van der Waals surface area contributed by atoms with Gasteiger partial charge in [-0.2, -0.15) is 4.98 Å². The molecule has 0 aliphatic rings. The smallest absolute Gasteiger partial charge is 0.231 e. The molecule has 0 saturated heterocycles. The van der Waals surface area contributed by atoms with Crippen LogP contribution >= 0.6 is 0 Å². The van der Waals surface area contributed by atoms with Gasteiger partial charge in [0.25, 0.3) is 0 Å². The molecule has 2 aromatic heterocycles. The average Bonchev–Trinajstić information content (AvgIpc) is 3.01. The van der Waals surface area contributed by atoms with E-state index in [4.69, 9.17) is 4.74 Å². The van der Waals surface area contributed by atoms with E-state index in [2.05, 4.69) is 25.6 Å². The number of rotatable bonds is 7. The highest BCUT2D eigenvalue weighted by atomic mass is 16.5. The normalized spacial score (nSPS) is 10.8. The number of benzene rings is 2. The summed E-state index contributed by atoms with van der Waals surface area (Å²) in [5, 5.41) is 6.50. The van der Waals surface area contributed by atoms with Gasteiger partial charge in [-0.25, -0.2) is 9.97 Å². The predicted octanol–water partition coefficient (Wildman–Crippen LogP) is 3.91. The Hall–Kier alpha value is -3.61. The monoisotopic (exact) mass is 374 g/mol. The fourth-order valence-corrected chi connectivity index (χ4v) is 2.94. The maximum Gasteiger partial charge on any atom is 0.231 e. The third-order valence-electron chi connectivity index (χ3n) is 4.29. The molecule has 4 aromatic rings. The lowest BCUT2D eigenvalue weighted by Gasteiger charge is -2.10. The third kappa shape index (κ3) is 4.03. The van der Waals surface area contributed by atoms with Gasteiger partial charge in [0.1, 0.15) is 18.2 Å². The predicted molar refractivity (Wildman–Crippen MR) is 111 cm³/mol. The van der Waals surface area contributed by atoms with Crippen molar-refractivity contribution >= 4 is 28.7 Å². The summed E-state index contributed by atoms with van der Waals surface area (Å²) < 4.78 is 7.69. The second-order valence-corrected chi connectivity index (χ2v) is 6.41. The van der Waals surface area contributed by atoms with Gasteiger partial charge in [-0.05, 0) is 31.2 Å². The van der Waals surface area contributed by atoms with Gasteiger partial charge in [0, 0.05) is 18.8 Å². The van der Waals surface area contributed by atoms with Crippen molar-refractivity contribution in [3.63, 3.8) is 0 Å². The van der Waals surface area contributed by atoms with E-state index in [1.807, 2.05) is 79.2 Å². The third-order valence-corrected chi connectivity index (χ3v) is 4.29. The molecule has 0 bridgehead atoms. The Bertz CT molecular complexity index is 1080. The summed E-state index contributed by atoms with van der Waals surface area (Å²) in [6, 6.07) is 19.6. The highest BCUT2D eigenvalue weighted by Crippen LogP contribution is 2.20. The number of nitrogens with zero attached hydrogens (tertiary/aromatic N) is 4. The molecule has 4 rings (SSSR count). The first-order valence-corrected chi connectivity index (χ1v) is 9.15. The van der Waals surface area contributed by atoms with Gasteiger partial charge in [-0.3, -0.25) is 5.32 Å². The van der Waals surface area contributed by atoms with Crippen LogP contribution in [0.1, 0.15) is 5.69 Å². The number of aromatic nitrogens is 4. The van der Waals surface area contributed by atoms with Crippen LogP contribution in [0, 0.1) is 6.92 Å². The summed E-state index contributed by atoms with van der Waals surface area (Å²) in [5.41, 5.74) is 2.84. The van der Waals surface area contributed by atoms with Crippen LogP contribution in [-0.2, 0) is 7.05 Å². The molecule has 0 atom stereocenters. The van der Waals surface area contributed by atoms with Crippen molar-refractivity contribution in [1.29, 1.82) is 0 Å². The Morgan fingerprint density at radius 2 is 1.75 bits per heavy atom. The van der Waals surface area contributed by atoms with Crippen LogP contribution < -0.4 is 15.4 Å². The molecule has 142 valence electrons. The minimum absolute atomic E-state index is 0.505. The fourth-order valence-electron chi connectivity index (χ4n) is 2.94. The van der Waals surface area contributed by atoms with Gasteiger partial charge in [-0.1, -0.05) is 30.3 Å². The summed E-state index contributed by atoms with van der Waals surface area (Å²) >= 11 is 0. The number of ether oxygens (including phenoxy) is 1. The topological polar surface area (TPSA) is 76.9 Å². The van der Waals surface area contributed by atoms with Crippen molar-refractivity contribution < 1.29 is 4.74 Å². The van der Waals surface area contributed by atoms with Gasteiger partial charge >= 0.3 is 0 Å². The first kappa shape index (κ1) is 17.8. The van der Waals surface area contributed by atoms with E-state index in [0.29, 0.717) is 25.0 Å². The lowest BCUT2D eigenvalue weighted by Crippen LogP contribution is -2.13.